The summed E-state index contributed by atoms with van der Waals surface area (Å²) in [6.45, 7) is 3.32. The van der Waals surface area contributed by atoms with Gasteiger partial charge < -0.3 is 5.32 Å². The number of benzene rings is 1. The normalized spacial score (nSPS) is 22.8. The van der Waals surface area contributed by atoms with Gasteiger partial charge in [0.05, 0.1) is 22.3 Å². The van der Waals surface area contributed by atoms with Crippen LogP contribution in [0.15, 0.2) is 18.2 Å². The third kappa shape index (κ3) is 4.14. The molecular formula is C16H21ClN2. The molecule has 2 unspecified atom stereocenters. The fourth-order valence-corrected chi connectivity index (χ4v) is 3.21. The topological polar surface area (TPSA) is 35.8 Å². The van der Waals surface area contributed by atoms with Crippen LogP contribution >= 0.6 is 11.6 Å². The molecule has 3 heteroatoms. The minimum absolute atomic E-state index is 0.608. The van der Waals surface area contributed by atoms with E-state index in [1.54, 1.807) is 12.1 Å². The summed E-state index contributed by atoms with van der Waals surface area (Å²) in [7, 11) is 0. The van der Waals surface area contributed by atoms with Gasteiger partial charge in [-0.2, -0.15) is 5.26 Å². The van der Waals surface area contributed by atoms with Crippen LogP contribution in [0, 0.1) is 23.2 Å². The Morgan fingerprint density at radius 1 is 1.42 bits per heavy atom. The smallest absolute Gasteiger partial charge is 0.0992 e. The van der Waals surface area contributed by atoms with Crippen molar-refractivity contribution in [2.75, 3.05) is 11.9 Å². The Labute approximate surface area is 120 Å². The van der Waals surface area contributed by atoms with Crippen molar-refractivity contribution in [3.8, 4) is 6.07 Å². The largest absolute Gasteiger partial charge is 0.384 e. The lowest BCUT2D eigenvalue weighted by molar-refractivity contribution is 0.274. The molecule has 2 rings (SSSR count). The molecule has 0 aromatic heterocycles. The second-order valence-corrected chi connectivity index (χ2v) is 6.07. The molecule has 1 aliphatic rings. The van der Waals surface area contributed by atoms with E-state index in [0.29, 0.717) is 10.6 Å². The lowest BCUT2D eigenvalue weighted by Crippen LogP contribution is -2.16. The Morgan fingerprint density at radius 2 is 2.26 bits per heavy atom. The highest BCUT2D eigenvalue weighted by atomic mass is 35.5. The molecule has 0 bridgehead atoms. The van der Waals surface area contributed by atoms with Crippen LogP contribution in [-0.2, 0) is 0 Å². The minimum atomic E-state index is 0.608. The maximum absolute atomic E-state index is 8.79. The Balaban J connectivity index is 1.81. The number of anilines is 1. The monoisotopic (exact) mass is 276 g/mol. The third-order valence-electron chi connectivity index (χ3n) is 4.01. The number of rotatable bonds is 4. The number of hydrogen-bond donors (Lipinski definition) is 1. The van der Waals surface area contributed by atoms with E-state index in [2.05, 4.69) is 18.3 Å². The Kier molecular flexibility index (Phi) is 5.10. The molecule has 2 nitrogen and oxygen atoms in total. The summed E-state index contributed by atoms with van der Waals surface area (Å²) in [6, 6.07) is 7.51. The van der Waals surface area contributed by atoms with E-state index in [1.807, 2.05) is 6.07 Å². The van der Waals surface area contributed by atoms with Gasteiger partial charge in [-0.15, -0.1) is 0 Å². The summed E-state index contributed by atoms with van der Waals surface area (Å²) in [6.07, 6.45) is 6.71. The molecule has 1 aromatic carbocycles. The summed E-state index contributed by atoms with van der Waals surface area (Å²) >= 11 is 6.14. The molecule has 0 spiro atoms. The van der Waals surface area contributed by atoms with E-state index in [-0.39, 0.29) is 0 Å². The first-order valence-corrected chi connectivity index (χ1v) is 7.50. The van der Waals surface area contributed by atoms with Crippen molar-refractivity contribution in [2.45, 2.75) is 39.0 Å². The molecule has 0 heterocycles. The molecule has 1 aliphatic carbocycles. The zero-order valence-electron chi connectivity index (χ0n) is 11.5. The number of hydrogen-bond acceptors (Lipinski definition) is 2. The third-order valence-corrected chi connectivity index (χ3v) is 4.32. The average molecular weight is 277 g/mol. The van der Waals surface area contributed by atoms with Gasteiger partial charge in [0, 0.05) is 6.54 Å². The lowest BCUT2D eigenvalue weighted by Gasteiger charge is -2.26. The van der Waals surface area contributed by atoms with Crippen molar-refractivity contribution in [2.24, 2.45) is 11.8 Å². The molecule has 0 saturated heterocycles. The first-order chi connectivity index (χ1) is 9.19. The van der Waals surface area contributed by atoms with Crippen molar-refractivity contribution >= 4 is 17.3 Å². The van der Waals surface area contributed by atoms with Crippen LogP contribution in [0.1, 0.15) is 44.6 Å². The number of halogens is 1. The van der Waals surface area contributed by atoms with Crippen LogP contribution in [-0.4, -0.2) is 6.54 Å². The molecule has 1 fully saturated rings. The SMILES string of the molecule is CC1CCCC(CCNc2ccc(C#N)cc2Cl)C1. The second-order valence-electron chi connectivity index (χ2n) is 5.66. The Hall–Kier alpha value is -1.20. The first kappa shape index (κ1) is 14.2. The van der Waals surface area contributed by atoms with Crippen LogP contribution < -0.4 is 5.32 Å². The second kappa shape index (κ2) is 6.82. The predicted octanol–water partition coefficient (Wildman–Crippen LogP) is 4.84. The van der Waals surface area contributed by atoms with Crippen LogP contribution in [0.5, 0.6) is 0 Å². The van der Waals surface area contributed by atoms with Crippen molar-refractivity contribution in [3.05, 3.63) is 28.8 Å². The van der Waals surface area contributed by atoms with Crippen molar-refractivity contribution < 1.29 is 0 Å². The molecule has 2 atom stereocenters. The minimum Gasteiger partial charge on any atom is -0.384 e. The summed E-state index contributed by atoms with van der Waals surface area (Å²) in [5.41, 5.74) is 1.54. The van der Waals surface area contributed by atoms with Gasteiger partial charge in [0.1, 0.15) is 0 Å². The molecule has 19 heavy (non-hydrogen) atoms. The Bertz CT molecular complexity index is 464. The van der Waals surface area contributed by atoms with Gasteiger partial charge in [0.25, 0.3) is 0 Å². The lowest BCUT2D eigenvalue weighted by atomic mass is 9.81. The number of nitrogens with one attached hydrogen (secondary N) is 1. The molecule has 1 N–H and O–H groups in total. The van der Waals surface area contributed by atoms with E-state index in [9.17, 15) is 0 Å². The fourth-order valence-electron chi connectivity index (χ4n) is 2.96. The maximum Gasteiger partial charge on any atom is 0.0992 e. The van der Waals surface area contributed by atoms with E-state index in [0.717, 1.165) is 24.1 Å². The van der Waals surface area contributed by atoms with Crippen LogP contribution in [0.25, 0.3) is 0 Å². The standard InChI is InChI=1S/C16H21ClN2/c1-12-3-2-4-13(9-12)7-8-19-16-6-5-14(11-18)10-15(16)17/h5-6,10,12-13,19H,2-4,7-9H2,1H3. The quantitative estimate of drug-likeness (QED) is 0.854. The van der Waals surface area contributed by atoms with Gasteiger partial charge in [0.15, 0.2) is 0 Å². The zero-order valence-corrected chi connectivity index (χ0v) is 12.2. The zero-order chi connectivity index (χ0) is 13.7. The summed E-state index contributed by atoms with van der Waals surface area (Å²) in [4.78, 5) is 0. The van der Waals surface area contributed by atoms with Gasteiger partial charge in [-0.3, -0.25) is 0 Å². The van der Waals surface area contributed by atoms with Crippen molar-refractivity contribution in [3.63, 3.8) is 0 Å². The van der Waals surface area contributed by atoms with Crippen LogP contribution in [0.2, 0.25) is 5.02 Å². The van der Waals surface area contributed by atoms with E-state index >= 15 is 0 Å². The van der Waals surface area contributed by atoms with Gasteiger partial charge in [0.2, 0.25) is 0 Å². The molecule has 0 amide bonds. The van der Waals surface area contributed by atoms with E-state index < -0.39 is 0 Å². The van der Waals surface area contributed by atoms with Gasteiger partial charge in [-0.05, 0) is 42.9 Å². The van der Waals surface area contributed by atoms with Crippen LogP contribution in [0.4, 0.5) is 5.69 Å². The fraction of sp³-hybridized carbons (Fsp3) is 0.562. The van der Waals surface area contributed by atoms with Gasteiger partial charge >= 0.3 is 0 Å². The summed E-state index contributed by atoms with van der Waals surface area (Å²) in [5, 5.41) is 12.8. The molecule has 0 radical (unpaired) electrons. The number of nitriles is 1. The highest BCUT2D eigenvalue weighted by Crippen LogP contribution is 2.31. The van der Waals surface area contributed by atoms with E-state index in [1.165, 1.54) is 32.1 Å². The number of nitrogens with zero attached hydrogens (tertiary/aromatic N) is 1. The van der Waals surface area contributed by atoms with Crippen molar-refractivity contribution in [1.82, 2.24) is 0 Å². The molecule has 1 aromatic rings. The molecule has 0 aliphatic heterocycles. The highest BCUT2D eigenvalue weighted by molar-refractivity contribution is 6.33. The average Bonchev–Trinajstić information content (AvgIpc) is 2.40. The summed E-state index contributed by atoms with van der Waals surface area (Å²) < 4.78 is 0. The first-order valence-electron chi connectivity index (χ1n) is 7.12. The van der Waals surface area contributed by atoms with Gasteiger partial charge in [-0.1, -0.05) is 37.8 Å². The Morgan fingerprint density at radius 3 is 2.95 bits per heavy atom. The predicted molar refractivity (Wildman–Crippen MR) is 80.4 cm³/mol. The summed E-state index contributed by atoms with van der Waals surface area (Å²) in [5.74, 6) is 1.74. The molecular weight excluding hydrogens is 256 g/mol. The highest BCUT2D eigenvalue weighted by Gasteiger charge is 2.18. The van der Waals surface area contributed by atoms with Crippen LogP contribution in [0.3, 0.4) is 0 Å². The maximum atomic E-state index is 8.79. The van der Waals surface area contributed by atoms with Gasteiger partial charge in [-0.25, -0.2) is 0 Å². The molecule has 1 saturated carbocycles. The van der Waals surface area contributed by atoms with Crippen molar-refractivity contribution in [1.29, 1.82) is 5.26 Å². The molecule has 102 valence electrons. The van der Waals surface area contributed by atoms with E-state index in [4.69, 9.17) is 16.9 Å².